The van der Waals surface area contributed by atoms with Gasteiger partial charge in [0, 0.05) is 31.8 Å². The summed E-state index contributed by atoms with van der Waals surface area (Å²) >= 11 is 0. The summed E-state index contributed by atoms with van der Waals surface area (Å²) in [6.07, 6.45) is 0. The number of anilines is 2. The predicted octanol–water partition coefficient (Wildman–Crippen LogP) is 2.98. The number of hydrogen-bond donors (Lipinski definition) is 1. The summed E-state index contributed by atoms with van der Waals surface area (Å²) in [7, 11) is 3.90. The van der Waals surface area contributed by atoms with Crippen LogP contribution in [0.3, 0.4) is 0 Å². The van der Waals surface area contributed by atoms with E-state index in [1.807, 2.05) is 45.3 Å². The van der Waals surface area contributed by atoms with Crippen molar-refractivity contribution in [3.63, 3.8) is 0 Å². The van der Waals surface area contributed by atoms with Crippen LogP contribution in [0.1, 0.15) is 37.0 Å². The van der Waals surface area contributed by atoms with E-state index in [9.17, 15) is 0 Å². The third-order valence-electron chi connectivity index (χ3n) is 3.24. The van der Waals surface area contributed by atoms with Crippen molar-refractivity contribution in [1.82, 2.24) is 15.0 Å². The Morgan fingerprint density at radius 1 is 1.19 bits per heavy atom. The Bertz CT molecular complexity index is 609. The van der Waals surface area contributed by atoms with E-state index in [4.69, 9.17) is 0 Å². The molecule has 0 radical (unpaired) electrons. The largest absolute Gasteiger partial charge is 0.373 e. The fourth-order valence-corrected chi connectivity index (χ4v) is 2.05. The molecule has 0 aromatic carbocycles. The van der Waals surface area contributed by atoms with Crippen molar-refractivity contribution in [2.45, 2.75) is 33.2 Å². The Balaban J connectivity index is 2.25. The number of nitrogens with zero attached hydrogens (tertiary/aromatic N) is 4. The van der Waals surface area contributed by atoms with Crippen molar-refractivity contribution >= 4 is 11.6 Å². The Morgan fingerprint density at radius 2 is 1.95 bits per heavy atom. The number of rotatable bonds is 5. The first-order valence-electron chi connectivity index (χ1n) is 7.20. The van der Waals surface area contributed by atoms with E-state index in [1.54, 1.807) is 0 Å². The number of hydrogen-bond acceptors (Lipinski definition) is 5. The van der Waals surface area contributed by atoms with Gasteiger partial charge >= 0.3 is 0 Å². The lowest BCUT2D eigenvalue weighted by Gasteiger charge is -2.20. The third-order valence-corrected chi connectivity index (χ3v) is 3.24. The van der Waals surface area contributed by atoms with Gasteiger partial charge in [0.1, 0.15) is 17.5 Å². The van der Waals surface area contributed by atoms with Gasteiger partial charge in [0.15, 0.2) is 0 Å². The summed E-state index contributed by atoms with van der Waals surface area (Å²) in [4.78, 5) is 15.8. The molecule has 2 rings (SSSR count). The van der Waals surface area contributed by atoms with Crippen molar-refractivity contribution in [3.05, 3.63) is 41.5 Å². The summed E-state index contributed by atoms with van der Waals surface area (Å²) in [6, 6.07) is 8.03. The van der Waals surface area contributed by atoms with Crippen LogP contribution in [-0.4, -0.2) is 29.0 Å². The monoisotopic (exact) mass is 285 g/mol. The molecular weight excluding hydrogens is 262 g/mol. The number of nitrogens with one attached hydrogen (secondary N) is 1. The quantitative estimate of drug-likeness (QED) is 0.915. The maximum Gasteiger partial charge on any atom is 0.135 e. The highest BCUT2D eigenvalue weighted by molar-refractivity contribution is 5.49. The minimum absolute atomic E-state index is 0.294. The first-order chi connectivity index (χ1) is 9.99. The lowest BCUT2D eigenvalue weighted by molar-refractivity contribution is 0.761. The first kappa shape index (κ1) is 15.2. The van der Waals surface area contributed by atoms with Gasteiger partial charge in [-0.2, -0.15) is 0 Å². The van der Waals surface area contributed by atoms with Crippen molar-refractivity contribution in [2.75, 3.05) is 24.3 Å². The maximum atomic E-state index is 4.65. The smallest absolute Gasteiger partial charge is 0.135 e. The van der Waals surface area contributed by atoms with E-state index >= 15 is 0 Å². The van der Waals surface area contributed by atoms with Gasteiger partial charge in [0.05, 0.1) is 12.2 Å². The fourth-order valence-electron chi connectivity index (χ4n) is 2.05. The molecule has 112 valence electrons. The van der Waals surface area contributed by atoms with E-state index in [-0.39, 0.29) is 0 Å². The molecule has 1 N–H and O–H groups in total. The predicted molar refractivity (Wildman–Crippen MR) is 86.7 cm³/mol. The average molecular weight is 285 g/mol. The van der Waals surface area contributed by atoms with Crippen LogP contribution in [0, 0.1) is 6.92 Å². The van der Waals surface area contributed by atoms with Gasteiger partial charge in [-0.25, -0.2) is 9.97 Å². The molecule has 0 bridgehead atoms. The zero-order valence-corrected chi connectivity index (χ0v) is 13.4. The Hall–Kier alpha value is -2.17. The second-order valence-corrected chi connectivity index (χ2v) is 5.50. The van der Waals surface area contributed by atoms with Crippen LogP contribution in [0.2, 0.25) is 0 Å². The van der Waals surface area contributed by atoms with Crippen LogP contribution in [0.5, 0.6) is 0 Å². The molecular formula is C16H23N5. The molecule has 2 aromatic rings. The third kappa shape index (κ3) is 3.90. The highest BCUT2D eigenvalue weighted by Gasteiger charge is 2.11. The summed E-state index contributed by atoms with van der Waals surface area (Å²) in [5, 5.41) is 3.10. The van der Waals surface area contributed by atoms with Crippen molar-refractivity contribution in [1.29, 1.82) is 0 Å². The van der Waals surface area contributed by atoms with E-state index in [0.717, 1.165) is 35.4 Å². The SMILES string of the molecule is CNc1cc(N(C)Cc2cccc(C)n2)nc(C(C)C)n1. The van der Waals surface area contributed by atoms with Gasteiger partial charge < -0.3 is 10.2 Å². The molecule has 5 heteroatoms. The lowest BCUT2D eigenvalue weighted by atomic mass is 10.2. The van der Waals surface area contributed by atoms with Gasteiger partial charge in [-0.05, 0) is 19.1 Å². The Morgan fingerprint density at radius 3 is 2.57 bits per heavy atom. The summed E-state index contributed by atoms with van der Waals surface area (Å²) in [5.41, 5.74) is 2.07. The molecule has 0 aliphatic heterocycles. The second-order valence-electron chi connectivity index (χ2n) is 5.50. The molecule has 0 unspecified atom stereocenters. The topological polar surface area (TPSA) is 53.9 Å². The van der Waals surface area contributed by atoms with Crippen LogP contribution in [0.4, 0.5) is 11.6 Å². The molecule has 0 saturated heterocycles. The van der Waals surface area contributed by atoms with Gasteiger partial charge in [0.2, 0.25) is 0 Å². The molecule has 0 atom stereocenters. The summed E-state index contributed by atoms with van der Waals surface area (Å²) in [6.45, 7) is 6.92. The summed E-state index contributed by atoms with van der Waals surface area (Å²) < 4.78 is 0. The normalized spacial score (nSPS) is 10.8. The fraction of sp³-hybridized carbons (Fsp3) is 0.438. The standard InChI is InChI=1S/C16H23N5/c1-11(2)16-19-14(17-4)9-15(20-16)21(5)10-13-8-6-7-12(3)18-13/h6-9,11H,10H2,1-5H3,(H,17,19,20). The van der Waals surface area contributed by atoms with Gasteiger partial charge in [-0.1, -0.05) is 19.9 Å². The van der Waals surface area contributed by atoms with Crippen molar-refractivity contribution in [3.8, 4) is 0 Å². The van der Waals surface area contributed by atoms with E-state index in [2.05, 4.69) is 39.0 Å². The summed E-state index contributed by atoms with van der Waals surface area (Å²) in [5.74, 6) is 2.89. The highest BCUT2D eigenvalue weighted by Crippen LogP contribution is 2.20. The van der Waals surface area contributed by atoms with Crippen LogP contribution < -0.4 is 10.2 Å². The minimum Gasteiger partial charge on any atom is -0.373 e. The maximum absolute atomic E-state index is 4.65. The average Bonchev–Trinajstić information content (AvgIpc) is 2.46. The van der Waals surface area contributed by atoms with Gasteiger partial charge in [-0.15, -0.1) is 0 Å². The molecule has 0 amide bonds. The van der Waals surface area contributed by atoms with Crippen LogP contribution >= 0.6 is 0 Å². The van der Waals surface area contributed by atoms with Gasteiger partial charge in [0.25, 0.3) is 0 Å². The van der Waals surface area contributed by atoms with Crippen molar-refractivity contribution < 1.29 is 0 Å². The van der Waals surface area contributed by atoms with Crippen LogP contribution in [-0.2, 0) is 6.54 Å². The Kier molecular flexibility index (Phi) is 4.73. The number of aromatic nitrogens is 3. The highest BCUT2D eigenvalue weighted by atomic mass is 15.2. The molecule has 0 fully saturated rings. The molecule has 0 aliphatic carbocycles. The second kappa shape index (κ2) is 6.52. The van der Waals surface area contributed by atoms with Gasteiger partial charge in [-0.3, -0.25) is 4.98 Å². The molecule has 2 aromatic heterocycles. The zero-order valence-electron chi connectivity index (χ0n) is 13.4. The van der Waals surface area contributed by atoms with E-state index in [0.29, 0.717) is 5.92 Å². The number of pyridine rings is 1. The molecule has 21 heavy (non-hydrogen) atoms. The Labute approximate surface area is 126 Å². The van der Waals surface area contributed by atoms with E-state index in [1.165, 1.54) is 0 Å². The minimum atomic E-state index is 0.294. The lowest BCUT2D eigenvalue weighted by Crippen LogP contribution is -2.20. The number of aryl methyl sites for hydroxylation is 1. The molecule has 2 heterocycles. The molecule has 0 aliphatic rings. The van der Waals surface area contributed by atoms with Crippen molar-refractivity contribution in [2.24, 2.45) is 0 Å². The molecule has 0 saturated carbocycles. The molecule has 5 nitrogen and oxygen atoms in total. The molecule has 0 spiro atoms. The van der Waals surface area contributed by atoms with Crippen LogP contribution in [0.15, 0.2) is 24.3 Å². The first-order valence-corrected chi connectivity index (χ1v) is 7.20. The van der Waals surface area contributed by atoms with E-state index < -0.39 is 0 Å². The zero-order chi connectivity index (χ0) is 15.4. The van der Waals surface area contributed by atoms with Crippen LogP contribution in [0.25, 0.3) is 0 Å².